The van der Waals surface area contributed by atoms with Crippen LogP contribution in [0.4, 0.5) is 4.39 Å². The summed E-state index contributed by atoms with van der Waals surface area (Å²) in [6.45, 7) is 3.11. The van der Waals surface area contributed by atoms with Gasteiger partial charge < -0.3 is 25.0 Å². The van der Waals surface area contributed by atoms with Crippen LogP contribution in [0.25, 0.3) is 0 Å². The summed E-state index contributed by atoms with van der Waals surface area (Å²) < 4.78 is 20.0. The number of rotatable bonds is 9. The highest BCUT2D eigenvalue weighted by Gasteiger charge is 2.49. The van der Waals surface area contributed by atoms with Crippen LogP contribution in [0.1, 0.15) is 43.0 Å². The number of benzene rings is 2. The molecule has 0 spiro atoms. The second kappa shape index (κ2) is 11.4. The van der Waals surface area contributed by atoms with E-state index in [9.17, 15) is 19.2 Å². The summed E-state index contributed by atoms with van der Waals surface area (Å²) in [5, 5.41) is 11.8. The molecule has 3 amide bonds. The van der Waals surface area contributed by atoms with E-state index in [1.165, 1.54) is 36.0 Å². The number of nitrogens with zero attached hydrogens (tertiary/aromatic N) is 2. The van der Waals surface area contributed by atoms with E-state index in [0.29, 0.717) is 19.3 Å². The molecule has 4 rings (SSSR count). The summed E-state index contributed by atoms with van der Waals surface area (Å²) in [6, 6.07) is 8.60. The Hall–Kier alpha value is -3.95. The van der Waals surface area contributed by atoms with E-state index >= 15 is 4.39 Å². The molecule has 2 aromatic carbocycles. The molecule has 2 aromatic rings. The summed E-state index contributed by atoms with van der Waals surface area (Å²) >= 11 is 0. The summed E-state index contributed by atoms with van der Waals surface area (Å²) in [6.07, 6.45) is 1.55. The number of carboxylic acid groups (broad SMARTS) is 1. The van der Waals surface area contributed by atoms with Gasteiger partial charge in [0.25, 0.3) is 0 Å². The maximum Gasteiger partial charge on any atom is 0.341 e. The first-order valence-corrected chi connectivity index (χ1v) is 13.0. The molecule has 1 aliphatic heterocycles. The molecule has 9 nitrogen and oxygen atoms in total. The second-order valence-corrected chi connectivity index (χ2v) is 10.8. The molecule has 1 saturated heterocycles. The van der Waals surface area contributed by atoms with E-state index in [-0.39, 0.29) is 35.0 Å². The third kappa shape index (κ3) is 5.89. The molecule has 1 aliphatic carbocycles. The first-order valence-electron chi connectivity index (χ1n) is 13.0. The van der Waals surface area contributed by atoms with Gasteiger partial charge in [0, 0.05) is 14.1 Å². The smallest absolute Gasteiger partial charge is 0.341 e. The molecular weight excluding hydrogens is 505 g/mol. The van der Waals surface area contributed by atoms with Crippen LogP contribution in [0, 0.1) is 17.7 Å². The van der Waals surface area contributed by atoms with Crippen molar-refractivity contribution in [2.24, 2.45) is 11.8 Å². The van der Waals surface area contributed by atoms with E-state index in [2.05, 4.69) is 5.32 Å². The number of halogens is 1. The van der Waals surface area contributed by atoms with Gasteiger partial charge in [0.1, 0.15) is 18.1 Å². The molecule has 10 heteroatoms. The summed E-state index contributed by atoms with van der Waals surface area (Å²) in [5.41, 5.74) is 2.42. The van der Waals surface area contributed by atoms with Gasteiger partial charge in [0.2, 0.25) is 17.7 Å². The molecule has 0 aromatic heterocycles. The minimum absolute atomic E-state index is 0.0296. The van der Waals surface area contributed by atoms with Crippen molar-refractivity contribution in [3.63, 3.8) is 0 Å². The third-order valence-electron chi connectivity index (χ3n) is 7.28. The number of ether oxygens (including phenoxy) is 1. The van der Waals surface area contributed by atoms with Gasteiger partial charge >= 0.3 is 5.97 Å². The molecule has 3 atom stereocenters. The molecule has 1 fully saturated rings. The first kappa shape index (κ1) is 28.1. The predicted octanol–water partition coefficient (Wildman–Crippen LogP) is 2.58. The SMILES string of the molecule is CC(C)C[C@@H]1C(=O)N[C@H](C2Cc3ccccc3C2)C(=O)N1[C@@H](C(=O)N(C)C)c1ccc(OCC(=O)O)c(F)c1. The molecule has 0 bridgehead atoms. The van der Waals surface area contributed by atoms with Crippen LogP contribution in [0.2, 0.25) is 0 Å². The van der Waals surface area contributed by atoms with Crippen molar-refractivity contribution < 1.29 is 33.4 Å². The van der Waals surface area contributed by atoms with Gasteiger partial charge in [-0.2, -0.15) is 0 Å². The summed E-state index contributed by atoms with van der Waals surface area (Å²) in [7, 11) is 3.07. The van der Waals surface area contributed by atoms with Gasteiger partial charge in [-0.25, -0.2) is 9.18 Å². The van der Waals surface area contributed by atoms with Gasteiger partial charge in [-0.1, -0.05) is 44.2 Å². The predicted molar refractivity (Wildman–Crippen MR) is 140 cm³/mol. The zero-order chi connectivity index (χ0) is 28.4. The molecule has 208 valence electrons. The van der Waals surface area contributed by atoms with Crippen LogP contribution in [0.3, 0.4) is 0 Å². The number of nitrogens with one attached hydrogen (secondary N) is 1. The number of carbonyl (C=O) groups excluding carboxylic acids is 3. The largest absolute Gasteiger partial charge is 0.479 e. The Morgan fingerprint density at radius 2 is 1.77 bits per heavy atom. The van der Waals surface area contributed by atoms with Crippen LogP contribution in [-0.2, 0) is 32.0 Å². The van der Waals surface area contributed by atoms with Crippen molar-refractivity contribution in [1.29, 1.82) is 0 Å². The fraction of sp³-hybridized carbons (Fsp3) is 0.448. The van der Waals surface area contributed by atoms with Crippen molar-refractivity contribution in [2.45, 2.75) is 51.2 Å². The van der Waals surface area contributed by atoms with Gasteiger partial charge in [0.15, 0.2) is 18.2 Å². The minimum Gasteiger partial charge on any atom is -0.479 e. The maximum absolute atomic E-state index is 15.0. The van der Waals surface area contributed by atoms with E-state index < -0.39 is 42.4 Å². The number of amides is 3. The Kier molecular flexibility index (Phi) is 8.22. The lowest BCUT2D eigenvalue weighted by Gasteiger charge is -2.45. The average Bonchev–Trinajstić information content (AvgIpc) is 3.30. The number of likely N-dealkylation sites (N-methyl/N-ethyl adjacent to an activating group) is 1. The van der Waals surface area contributed by atoms with E-state index in [0.717, 1.165) is 17.2 Å². The maximum atomic E-state index is 15.0. The minimum atomic E-state index is -1.27. The van der Waals surface area contributed by atoms with Crippen molar-refractivity contribution >= 4 is 23.7 Å². The Bertz CT molecular complexity index is 1250. The van der Waals surface area contributed by atoms with Gasteiger partial charge in [0.05, 0.1) is 0 Å². The van der Waals surface area contributed by atoms with Crippen LogP contribution >= 0.6 is 0 Å². The average molecular weight is 540 g/mol. The molecule has 2 aliphatic rings. The van der Waals surface area contributed by atoms with E-state index in [4.69, 9.17) is 9.84 Å². The molecule has 39 heavy (non-hydrogen) atoms. The number of hydrogen-bond donors (Lipinski definition) is 2. The highest BCUT2D eigenvalue weighted by Crippen LogP contribution is 2.36. The number of carbonyl (C=O) groups is 4. The fourth-order valence-corrected chi connectivity index (χ4v) is 5.48. The number of fused-ring (bicyclic) bond motifs is 1. The monoisotopic (exact) mass is 539 g/mol. The number of hydrogen-bond acceptors (Lipinski definition) is 5. The quantitative estimate of drug-likeness (QED) is 0.506. The van der Waals surface area contributed by atoms with Crippen LogP contribution in [0.15, 0.2) is 42.5 Å². The molecule has 0 radical (unpaired) electrons. The fourth-order valence-electron chi connectivity index (χ4n) is 5.48. The summed E-state index contributed by atoms with van der Waals surface area (Å²) in [4.78, 5) is 54.9. The normalized spacial score (nSPS) is 20.0. The van der Waals surface area contributed by atoms with Gasteiger partial charge in [-0.15, -0.1) is 0 Å². The Morgan fingerprint density at radius 3 is 2.31 bits per heavy atom. The lowest BCUT2D eigenvalue weighted by atomic mass is 9.88. The zero-order valence-corrected chi connectivity index (χ0v) is 22.5. The molecular formula is C29H34FN3O6. The first-order chi connectivity index (χ1) is 18.5. The second-order valence-electron chi connectivity index (χ2n) is 10.8. The van der Waals surface area contributed by atoms with Crippen molar-refractivity contribution in [2.75, 3.05) is 20.7 Å². The molecule has 0 saturated carbocycles. The molecule has 2 N–H and O–H groups in total. The summed E-state index contributed by atoms with van der Waals surface area (Å²) in [5.74, 6) is -3.79. The lowest BCUT2D eigenvalue weighted by molar-refractivity contribution is -0.159. The van der Waals surface area contributed by atoms with E-state index in [1.807, 2.05) is 38.1 Å². The number of aliphatic carboxylic acids is 1. The van der Waals surface area contributed by atoms with Crippen molar-refractivity contribution in [3.05, 3.63) is 65.0 Å². The number of carboxylic acids is 1. The van der Waals surface area contributed by atoms with E-state index in [1.54, 1.807) is 0 Å². The van der Waals surface area contributed by atoms with Gasteiger partial charge in [-0.3, -0.25) is 14.4 Å². The lowest BCUT2D eigenvalue weighted by Crippen LogP contribution is -2.67. The highest BCUT2D eigenvalue weighted by molar-refractivity contribution is 6.00. The van der Waals surface area contributed by atoms with Crippen LogP contribution in [-0.4, -0.2) is 71.4 Å². The van der Waals surface area contributed by atoms with Crippen LogP contribution < -0.4 is 10.1 Å². The van der Waals surface area contributed by atoms with Crippen LogP contribution in [0.5, 0.6) is 5.75 Å². The molecule has 1 heterocycles. The zero-order valence-electron chi connectivity index (χ0n) is 22.5. The molecule has 0 unspecified atom stereocenters. The number of piperazine rings is 1. The third-order valence-corrected chi connectivity index (χ3v) is 7.28. The van der Waals surface area contributed by atoms with Crippen molar-refractivity contribution in [3.8, 4) is 5.75 Å². The Balaban J connectivity index is 1.75. The highest BCUT2D eigenvalue weighted by atomic mass is 19.1. The standard InChI is InChI=1S/C29H34FN3O6/c1-16(2)11-22-27(36)31-25(20-12-17-7-5-6-8-18(17)13-20)28(37)33(22)26(29(38)32(3)4)19-9-10-23(21(30)14-19)39-15-24(34)35/h5-10,14,16,20,22,25-26H,11-13,15H2,1-4H3,(H,31,36)(H,34,35)/t22-,25-,26-/m1/s1. The topological polar surface area (TPSA) is 116 Å². The van der Waals surface area contributed by atoms with Gasteiger partial charge in [-0.05, 0) is 59.9 Å². The van der Waals surface area contributed by atoms with Crippen molar-refractivity contribution in [1.82, 2.24) is 15.1 Å². The Morgan fingerprint density at radius 1 is 1.13 bits per heavy atom. The Labute approximate surface area is 226 Å².